The van der Waals surface area contributed by atoms with Crippen LogP contribution in [-0.2, 0) is 11.3 Å². The molecule has 194 valence electrons. The number of rotatable bonds is 7. The molecule has 0 radical (unpaired) electrons. The number of nitrogens with one attached hydrogen (secondary N) is 2. The van der Waals surface area contributed by atoms with Gasteiger partial charge in [-0.25, -0.2) is 9.97 Å². The number of thioether (sulfide) groups is 1. The van der Waals surface area contributed by atoms with Gasteiger partial charge < -0.3 is 19.7 Å². The topological polar surface area (TPSA) is 119 Å². The van der Waals surface area contributed by atoms with Crippen molar-refractivity contribution in [1.29, 1.82) is 0 Å². The van der Waals surface area contributed by atoms with Crippen LogP contribution in [0.4, 0.5) is 10.7 Å². The summed E-state index contributed by atoms with van der Waals surface area (Å²) in [4.78, 5) is 39.3. The normalized spacial score (nSPS) is 18.3. The van der Waals surface area contributed by atoms with E-state index in [9.17, 15) is 9.59 Å². The molecule has 3 aliphatic heterocycles. The number of carbonyl (C=O) groups is 2. The number of amides is 2. The molecule has 2 aromatic heterocycles. The molecule has 0 aliphatic carbocycles. The Kier molecular flexibility index (Phi) is 6.93. The van der Waals surface area contributed by atoms with E-state index in [-0.39, 0.29) is 17.9 Å². The highest BCUT2D eigenvalue weighted by Gasteiger charge is 2.26. The minimum atomic E-state index is -0.384. The lowest BCUT2D eigenvalue weighted by molar-refractivity contribution is -0.115. The quantitative estimate of drug-likeness (QED) is 0.439. The van der Waals surface area contributed by atoms with Gasteiger partial charge in [-0.1, -0.05) is 6.07 Å². The van der Waals surface area contributed by atoms with Gasteiger partial charge in [0.2, 0.25) is 12.7 Å². The first-order valence-electron chi connectivity index (χ1n) is 12.5. The van der Waals surface area contributed by atoms with Gasteiger partial charge in [-0.05, 0) is 79.0 Å². The molecular weight excluding hydrogens is 504 g/mol. The van der Waals surface area contributed by atoms with Crippen LogP contribution in [0.5, 0.6) is 11.5 Å². The zero-order valence-electron chi connectivity index (χ0n) is 20.6. The highest BCUT2D eigenvalue weighted by atomic mass is 32.2. The second-order valence-electron chi connectivity index (χ2n) is 9.31. The highest BCUT2D eigenvalue weighted by Crippen LogP contribution is 2.35. The summed E-state index contributed by atoms with van der Waals surface area (Å²) in [5.41, 5.74) is 3.66. The Morgan fingerprint density at radius 2 is 1.95 bits per heavy atom. The molecule has 1 aromatic carbocycles. The molecule has 0 unspecified atom stereocenters. The Bertz CT molecular complexity index is 1390. The largest absolute Gasteiger partial charge is 0.454 e. The van der Waals surface area contributed by atoms with Crippen LogP contribution in [0.2, 0.25) is 0 Å². The second kappa shape index (κ2) is 10.8. The summed E-state index contributed by atoms with van der Waals surface area (Å²) in [5.74, 6) is 2.36. The Morgan fingerprint density at radius 1 is 1.08 bits per heavy atom. The Morgan fingerprint density at radius 3 is 2.74 bits per heavy atom. The van der Waals surface area contributed by atoms with Crippen molar-refractivity contribution < 1.29 is 19.1 Å². The lowest BCUT2D eigenvalue weighted by Gasteiger charge is -2.32. The Labute approximate surface area is 223 Å². The summed E-state index contributed by atoms with van der Waals surface area (Å²) >= 11 is 0.887. The molecular formula is C27H26N6O4S. The molecule has 6 rings (SSSR count). The van der Waals surface area contributed by atoms with Crippen LogP contribution in [-0.4, -0.2) is 52.5 Å². The van der Waals surface area contributed by atoms with Crippen molar-refractivity contribution in [3.63, 3.8) is 0 Å². The van der Waals surface area contributed by atoms with E-state index in [0.29, 0.717) is 22.5 Å². The number of hydrogen-bond donors (Lipinski definition) is 2. The predicted octanol–water partition coefficient (Wildman–Crippen LogP) is 3.60. The minimum absolute atomic E-state index is 0.264. The molecule has 0 saturated carbocycles. The maximum absolute atomic E-state index is 11.8. The van der Waals surface area contributed by atoms with E-state index < -0.39 is 0 Å². The van der Waals surface area contributed by atoms with Gasteiger partial charge in [0.25, 0.3) is 11.1 Å². The zero-order chi connectivity index (χ0) is 25.9. The third kappa shape index (κ3) is 5.48. The summed E-state index contributed by atoms with van der Waals surface area (Å²) in [6.07, 6.45) is 7.31. The second-order valence-corrected chi connectivity index (χ2v) is 10.3. The first-order valence-corrected chi connectivity index (χ1v) is 13.3. The van der Waals surface area contributed by atoms with Gasteiger partial charge >= 0.3 is 0 Å². The number of aromatic nitrogens is 3. The molecule has 3 aromatic rings. The third-order valence-corrected chi connectivity index (χ3v) is 7.55. The Hall–Kier alpha value is -3.96. The number of hydrogen-bond acceptors (Lipinski definition) is 10. The minimum Gasteiger partial charge on any atom is -0.454 e. The fraction of sp³-hybridized carbons (Fsp3) is 0.296. The number of piperidine rings is 1. The number of anilines is 1. The molecule has 0 bridgehead atoms. The van der Waals surface area contributed by atoms with Crippen LogP contribution in [0.25, 0.3) is 17.3 Å². The molecule has 3 aliphatic rings. The van der Waals surface area contributed by atoms with E-state index in [2.05, 4.69) is 36.6 Å². The highest BCUT2D eigenvalue weighted by molar-refractivity contribution is 8.18. The number of imide groups is 1. The van der Waals surface area contributed by atoms with E-state index in [1.54, 1.807) is 18.3 Å². The van der Waals surface area contributed by atoms with E-state index >= 15 is 0 Å². The van der Waals surface area contributed by atoms with E-state index in [1.807, 2.05) is 30.5 Å². The molecule has 11 heteroatoms. The van der Waals surface area contributed by atoms with Crippen molar-refractivity contribution >= 4 is 34.9 Å². The summed E-state index contributed by atoms with van der Waals surface area (Å²) in [6.45, 7) is 3.70. The fourth-order valence-corrected chi connectivity index (χ4v) is 5.33. The molecule has 2 N–H and O–H groups in total. The summed E-state index contributed by atoms with van der Waals surface area (Å²) in [7, 11) is 0. The van der Waals surface area contributed by atoms with Gasteiger partial charge in [-0.2, -0.15) is 0 Å². The smallest absolute Gasteiger partial charge is 0.290 e. The summed E-state index contributed by atoms with van der Waals surface area (Å²) < 4.78 is 10.8. The SMILES string of the molecule is O=C1NC(=O)/C(=C/c2ccnc(N3CCC(CNCc4ccc(-c5ccc6c(c5)OCO6)nc4)CC3)n2)S1. The van der Waals surface area contributed by atoms with Gasteiger partial charge in [0.15, 0.2) is 11.5 Å². The number of benzene rings is 1. The van der Waals surface area contributed by atoms with Gasteiger partial charge in [-0.3, -0.25) is 19.9 Å². The molecule has 38 heavy (non-hydrogen) atoms. The number of nitrogens with zero attached hydrogens (tertiary/aromatic N) is 4. The van der Waals surface area contributed by atoms with Gasteiger partial charge in [0.1, 0.15) is 0 Å². The number of fused-ring (bicyclic) bond motifs is 1. The number of ether oxygens (including phenoxy) is 2. The van der Waals surface area contributed by atoms with Crippen LogP contribution in [0.3, 0.4) is 0 Å². The van der Waals surface area contributed by atoms with Crippen LogP contribution >= 0.6 is 11.8 Å². The van der Waals surface area contributed by atoms with Gasteiger partial charge in [-0.15, -0.1) is 0 Å². The van der Waals surface area contributed by atoms with Crippen molar-refractivity contribution in [1.82, 2.24) is 25.6 Å². The molecule has 2 amide bonds. The van der Waals surface area contributed by atoms with Crippen molar-refractivity contribution in [2.24, 2.45) is 5.92 Å². The average molecular weight is 531 g/mol. The van der Waals surface area contributed by atoms with E-state index in [4.69, 9.17) is 9.47 Å². The van der Waals surface area contributed by atoms with Crippen molar-refractivity contribution in [2.75, 3.05) is 31.3 Å². The van der Waals surface area contributed by atoms with Crippen molar-refractivity contribution in [2.45, 2.75) is 19.4 Å². The molecule has 2 fully saturated rings. The average Bonchev–Trinajstić information content (AvgIpc) is 3.54. The fourth-order valence-electron chi connectivity index (χ4n) is 4.66. The standard InChI is InChI=1S/C27H26N6O4S/c34-25-24(38-27(35)32-25)12-20-5-8-29-26(31-20)33-9-6-17(7-10-33)13-28-14-18-1-3-21(30-15-18)19-2-4-22-23(11-19)37-16-36-22/h1-5,8,11-12,15,17,28H,6-7,9-10,13-14,16H2,(H,32,34,35)/b24-12-. The van der Waals surface area contributed by atoms with Crippen LogP contribution in [0.1, 0.15) is 24.1 Å². The predicted molar refractivity (Wildman–Crippen MR) is 144 cm³/mol. The van der Waals surface area contributed by atoms with Crippen molar-refractivity contribution in [3.8, 4) is 22.8 Å². The Balaban J connectivity index is 0.972. The first kappa shape index (κ1) is 24.4. The zero-order valence-corrected chi connectivity index (χ0v) is 21.4. The molecule has 0 atom stereocenters. The summed E-state index contributed by atoms with van der Waals surface area (Å²) in [5, 5.41) is 5.47. The van der Waals surface area contributed by atoms with Gasteiger partial charge in [0, 0.05) is 37.6 Å². The maximum atomic E-state index is 11.8. The number of pyridine rings is 1. The van der Waals surface area contributed by atoms with Crippen LogP contribution in [0, 0.1) is 5.92 Å². The van der Waals surface area contributed by atoms with E-state index in [1.165, 1.54) is 0 Å². The lowest BCUT2D eigenvalue weighted by Crippen LogP contribution is -2.38. The van der Waals surface area contributed by atoms with Crippen LogP contribution < -0.4 is 25.0 Å². The van der Waals surface area contributed by atoms with E-state index in [0.717, 1.165) is 79.1 Å². The third-order valence-electron chi connectivity index (χ3n) is 6.74. The first-order chi connectivity index (χ1) is 18.6. The lowest BCUT2D eigenvalue weighted by atomic mass is 9.97. The monoisotopic (exact) mass is 530 g/mol. The molecule has 2 saturated heterocycles. The maximum Gasteiger partial charge on any atom is 0.290 e. The molecule has 0 spiro atoms. The molecule has 10 nitrogen and oxygen atoms in total. The number of carbonyl (C=O) groups excluding carboxylic acids is 2. The van der Waals surface area contributed by atoms with Gasteiger partial charge in [0.05, 0.1) is 16.3 Å². The van der Waals surface area contributed by atoms with Crippen molar-refractivity contribution in [3.05, 3.63) is 65.0 Å². The summed E-state index contributed by atoms with van der Waals surface area (Å²) in [6, 6.07) is 11.7. The molecule has 5 heterocycles. The van der Waals surface area contributed by atoms with Crippen LogP contribution in [0.15, 0.2) is 53.7 Å².